The Labute approximate surface area is 144 Å². The molecule has 2 saturated carbocycles. The van der Waals surface area contributed by atoms with Crippen molar-refractivity contribution in [3.05, 3.63) is 0 Å². The van der Waals surface area contributed by atoms with E-state index in [1.165, 1.54) is 51.4 Å². The molecular formula is C20H38O2Si. The molecule has 0 bridgehead atoms. The largest absolute Gasteiger partial charge is 0.407 e. The zero-order valence-corrected chi connectivity index (χ0v) is 17.1. The molecule has 2 aliphatic rings. The Morgan fingerprint density at radius 2 is 1.39 bits per heavy atom. The van der Waals surface area contributed by atoms with E-state index in [-0.39, 0.29) is 17.1 Å². The second kappa shape index (κ2) is 7.82. The fraction of sp³-hybridized carbons (Fsp3) is 0.950. The van der Waals surface area contributed by atoms with E-state index in [0.717, 1.165) is 12.8 Å². The first-order valence-corrected chi connectivity index (χ1v) is 12.8. The van der Waals surface area contributed by atoms with Crippen LogP contribution in [0.3, 0.4) is 0 Å². The third kappa shape index (κ3) is 4.91. The first kappa shape index (κ1) is 19.2. The van der Waals surface area contributed by atoms with Crippen LogP contribution >= 0.6 is 0 Å². The van der Waals surface area contributed by atoms with Crippen molar-refractivity contribution in [2.75, 3.05) is 0 Å². The Bertz CT molecular complexity index is 385. The van der Waals surface area contributed by atoms with Gasteiger partial charge in [0.2, 0.25) is 0 Å². The van der Waals surface area contributed by atoms with Gasteiger partial charge in [0.05, 0.1) is 0 Å². The SMILES string of the molecule is CC(C)(C)[Si](C)(C)OC(C(=O)C1CCCCC1)C1CCCCC1. The summed E-state index contributed by atoms with van der Waals surface area (Å²) in [6.07, 6.45) is 12.1. The Morgan fingerprint density at radius 1 is 0.913 bits per heavy atom. The molecule has 2 rings (SSSR count). The molecule has 0 heterocycles. The summed E-state index contributed by atoms with van der Waals surface area (Å²) in [5.41, 5.74) is 0. The number of carbonyl (C=O) groups is 1. The van der Waals surface area contributed by atoms with Crippen LogP contribution in [0.15, 0.2) is 0 Å². The quantitative estimate of drug-likeness (QED) is 0.566. The van der Waals surface area contributed by atoms with Gasteiger partial charge in [-0.05, 0) is 49.7 Å². The number of Topliss-reactive ketones (excluding diaryl/α,β-unsaturated/α-hetero) is 1. The summed E-state index contributed by atoms with van der Waals surface area (Å²) < 4.78 is 6.75. The molecule has 2 nitrogen and oxygen atoms in total. The van der Waals surface area contributed by atoms with Crippen molar-refractivity contribution in [3.8, 4) is 0 Å². The van der Waals surface area contributed by atoms with Crippen LogP contribution in [0.1, 0.15) is 85.0 Å². The maximum atomic E-state index is 13.3. The molecule has 0 N–H and O–H groups in total. The predicted octanol–water partition coefficient (Wildman–Crippen LogP) is 6.11. The number of carbonyl (C=O) groups excluding carboxylic acids is 1. The molecule has 0 aromatic carbocycles. The van der Waals surface area contributed by atoms with Gasteiger partial charge in [0.1, 0.15) is 6.10 Å². The summed E-state index contributed by atoms with van der Waals surface area (Å²) in [5, 5.41) is 0.173. The molecule has 3 heteroatoms. The molecule has 134 valence electrons. The lowest BCUT2D eigenvalue weighted by Crippen LogP contribution is -2.50. The molecule has 2 fully saturated rings. The molecule has 1 atom stereocenters. The Morgan fingerprint density at radius 3 is 1.87 bits per heavy atom. The maximum absolute atomic E-state index is 13.3. The van der Waals surface area contributed by atoms with Crippen LogP contribution in [-0.4, -0.2) is 20.2 Å². The Balaban J connectivity index is 2.15. The van der Waals surface area contributed by atoms with Gasteiger partial charge in [-0.15, -0.1) is 0 Å². The zero-order chi connectivity index (χ0) is 17.1. The summed E-state index contributed by atoms with van der Waals surface area (Å²) >= 11 is 0. The normalized spacial score (nSPS) is 23.7. The van der Waals surface area contributed by atoms with Crippen molar-refractivity contribution in [1.29, 1.82) is 0 Å². The van der Waals surface area contributed by atoms with E-state index in [0.29, 0.717) is 11.7 Å². The van der Waals surface area contributed by atoms with E-state index in [4.69, 9.17) is 4.43 Å². The standard InChI is InChI=1S/C20H38O2Si/c1-20(2,3)23(4,5)22-19(17-14-10-7-11-15-17)18(21)16-12-8-6-9-13-16/h16-17,19H,6-15H2,1-5H3. The molecule has 1 unspecified atom stereocenters. The number of hydrogen-bond donors (Lipinski definition) is 0. The van der Waals surface area contributed by atoms with Crippen LogP contribution in [0.4, 0.5) is 0 Å². The van der Waals surface area contributed by atoms with Crippen molar-refractivity contribution >= 4 is 14.1 Å². The summed E-state index contributed by atoms with van der Waals surface area (Å²) in [5.74, 6) is 1.22. The lowest BCUT2D eigenvalue weighted by atomic mass is 9.78. The van der Waals surface area contributed by atoms with Gasteiger partial charge in [-0.2, -0.15) is 0 Å². The third-order valence-corrected chi connectivity index (χ3v) is 11.0. The van der Waals surface area contributed by atoms with Crippen LogP contribution in [0.25, 0.3) is 0 Å². The van der Waals surface area contributed by atoms with Gasteiger partial charge in [0.25, 0.3) is 0 Å². The van der Waals surface area contributed by atoms with Gasteiger partial charge in [-0.3, -0.25) is 4.79 Å². The minimum atomic E-state index is -1.90. The molecule has 0 aromatic rings. The smallest absolute Gasteiger partial charge is 0.193 e. The summed E-state index contributed by atoms with van der Waals surface area (Å²) in [6, 6.07) is 0. The fourth-order valence-electron chi connectivity index (χ4n) is 3.94. The molecule has 0 aliphatic heterocycles. The first-order chi connectivity index (χ1) is 10.7. The van der Waals surface area contributed by atoms with Gasteiger partial charge in [-0.1, -0.05) is 59.3 Å². The highest BCUT2D eigenvalue weighted by Gasteiger charge is 2.44. The van der Waals surface area contributed by atoms with E-state index in [1.807, 2.05) is 0 Å². The highest BCUT2D eigenvalue weighted by atomic mass is 28.4. The van der Waals surface area contributed by atoms with Gasteiger partial charge >= 0.3 is 0 Å². The molecule has 2 aliphatic carbocycles. The summed E-state index contributed by atoms with van der Waals surface area (Å²) in [7, 11) is -1.90. The Kier molecular flexibility index (Phi) is 6.52. The monoisotopic (exact) mass is 338 g/mol. The number of rotatable bonds is 5. The second-order valence-electron chi connectivity index (χ2n) is 9.43. The molecule has 0 amide bonds. The average molecular weight is 339 g/mol. The van der Waals surface area contributed by atoms with E-state index < -0.39 is 8.32 Å². The maximum Gasteiger partial charge on any atom is 0.193 e. The fourth-order valence-corrected chi connectivity index (χ4v) is 5.23. The van der Waals surface area contributed by atoms with E-state index in [1.54, 1.807) is 0 Å². The highest BCUT2D eigenvalue weighted by molar-refractivity contribution is 6.74. The van der Waals surface area contributed by atoms with Crippen molar-refractivity contribution in [1.82, 2.24) is 0 Å². The van der Waals surface area contributed by atoms with Gasteiger partial charge in [0, 0.05) is 5.92 Å². The van der Waals surface area contributed by atoms with Crippen LogP contribution in [0.5, 0.6) is 0 Å². The van der Waals surface area contributed by atoms with Crippen LogP contribution < -0.4 is 0 Å². The molecular weight excluding hydrogens is 300 g/mol. The van der Waals surface area contributed by atoms with Crippen LogP contribution in [0.2, 0.25) is 18.1 Å². The van der Waals surface area contributed by atoms with E-state index >= 15 is 0 Å². The summed E-state index contributed by atoms with van der Waals surface area (Å²) in [6.45, 7) is 11.4. The van der Waals surface area contributed by atoms with E-state index in [2.05, 4.69) is 33.9 Å². The van der Waals surface area contributed by atoms with Gasteiger partial charge < -0.3 is 4.43 Å². The lowest BCUT2D eigenvalue weighted by Gasteiger charge is -2.42. The van der Waals surface area contributed by atoms with Crippen molar-refractivity contribution < 1.29 is 9.22 Å². The molecule has 0 aromatic heterocycles. The Hall–Kier alpha value is -0.153. The molecule has 0 spiro atoms. The average Bonchev–Trinajstić information content (AvgIpc) is 2.52. The van der Waals surface area contributed by atoms with Crippen molar-refractivity contribution in [3.63, 3.8) is 0 Å². The first-order valence-electron chi connectivity index (χ1n) is 9.94. The summed E-state index contributed by atoms with van der Waals surface area (Å²) in [4.78, 5) is 13.3. The molecule has 0 radical (unpaired) electrons. The van der Waals surface area contributed by atoms with Crippen molar-refractivity contribution in [2.45, 2.75) is 109 Å². The predicted molar refractivity (Wildman–Crippen MR) is 100 cm³/mol. The lowest BCUT2D eigenvalue weighted by molar-refractivity contribution is -0.134. The number of hydrogen-bond acceptors (Lipinski definition) is 2. The highest BCUT2D eigenvalue weighted by Crippen LogP contribution is 2.41. The minimum Gasteiger partial charge on any atom is -0.407 e. The van der Waals surface area contributed by atoms with Gasteiger partial charge in [-0.25, -0.2) is 0 Å². The topological polar surface area (TPSA) is 26.3 Å². The minimum absolute atomic E-state index is 0.112. The van der Waals surface area contributed by atoms with Crippen LogP contribution in [0, 0.1) is 11.8 Å². The molecule has 0 saturated heterocycles. The van der Waals surface area contributed by atoms with E-state index in [9.17, 15) is 4.79 Å². The molecule has 23 heavy (non-hydrogen) atoms. The van der Waals surface area contributed by atoms with Crippen molar-refractivity contribution in [2.24, 2.45) is 11.8 Å². The second-order valence-corrected chi connectivity index (χ2v) is 14.2. The van der Waals surface area contributed by atoms with Crippen LogP contribution in [-0.2, 0) is 9.22 Å². The zero-order valence-electron chi connectivity index (χ0n) is 16.1. The number of ketones is 1. The van der Waals surface area contributed by atoms with Gasteiger partial charge in [0.15, 0.2) is 14.1 Å². The third-order valence-electron chi connectivity index (χ3n) is 6.59.